The molecule has 9 heteroatoms. The number of nitrogens with one attached hydrogen (secondary N) is 2. The van der Waals surface area contributed by atoms with E-state index in [2.05, 4.69) is 25.2 Å². The molecule has 2 heterocycles. The predicted octanol–water partition coefficient (Wildman–Crippen LogP) is 0.957. The lowest BCUT2D eigenvalue weighted by Gasteiger charge is -2.01. The summed E-state index contributed by atoms with van der Waals surface area (Å²) in [6.45, 7) is 0. The Morgan fingerprint density at radius 3 is 2.88 bits per heavy atom. The van der Waals surface area contributed by atoms with Gasteiger partial charge in [0.2, 0.25) is 0 Å². The van der Waals surface area contributed by atoms with Gasteiger partial charge in [-0.2, -0.15) is 0 Å². The van der Waals surface area contributed by atoms with Gasteiger partial charge in [-0.25, -0.2) is 9.78 Å². The average molecular weight is 255 g/mol. The third-order valence-corrected chi connectivity index (χ3v) is 2.67. The van der Waals surface area contributed by atoms with Crippen LogP contribution in [0, 0.1) is 0 Å². The van der Waals surface area contributed by atoms with Gasteiger partial charge < -0.3 is 0 Å². The van der Waals surface area contributed by atoms with E-state index >= 15 is 0 Å². The van der Waals surface area contributed by atoms with E-state index in [0.29, 0.717) is 5.13 Å². The molecule has 0 spiro atoms. The molecule has 7 nitrogen and oxygen atoms in total. The summed E-state index contributed by atoms with van der Waals surface area (Å²) in [6, 6.07) is -0.645. The van der Waals surface area contributed by atoms with Crippen molar-refractivity contribution >= 4 is 39.9 Å². The fourth-order valence-electron chi connectivity index (χ4n) is 0.844. The second kappa shape index (κ2) is 4.77. The van der Waals surface area contributed by atoms with Crippen LogP contribution in [0.3, 0.4) is 0 Å². The van der Waals surface area contributed by atoms with Crippen molar-refractivity contribution in [1.29, 1.82) is 0 Å². The zero-order chi connectivity index (χ0) is 11.4. The van der Waals surface area contributed by atoms with Gasteiger partial charge in [0.1, 0.15) is 0 Å². The second-order valence-corrected chi connectivity index (χ2v) is 4.04. The molecule has 0 unspecified atom stereocenters. The van der Waals surface area contributed by atoms with Crippen LogP contribution >= 0.6 is 22.9 Å². The van der Waals surface area contributed by atoms with E-state index in [1.54, 1.807) is 11.6 Å². The van der Waals surface area contributed by atoms with Gasteiger partial charge in [0.15, 0.2) is 10.8 Å². The highest BCUT2D eigenvalue weighted by atomic mass is 32.1. The minimum atomic E-state index is -0.645. The molecule has 82 valence electrons. The first-order chi connectivity index (χ1) is 7.75. The number of hydrogen-bond donors (Lipinski definition) is 2. The third-order valence-electron chi connectivity index (χ3n) is 1.47. The molecule has 0 aromatic carbocycles. The number of imide groups is 1. The number of nitrogens with zero attached hydrogens (tertiary/aromatic N) is 3. The number of urea groups is 1. The maximum Gasteiger partial charge on any atom is 0.328 e. The van der Waals surface area contributed by atoms with Gasteiger partial charge in [0, 0.05) is 17.0 Å². The molecule has 0 saturated heterocycles. The quantitative estimate of drug-likeness (QED) is 0.833. The molecule has 16 heavy (non-hydrogen) atoms. The second-order valence-electron chi connectivity index (χ2n) is 2.54. The molecule has 0 atom stereocenters. The summed E-state index contributed by atoms with van der Waals surface area (Å²) >= 11 is 2.29. The van der Waals surface area contributed by atoms with E-state index in [-0.39, 0.29) is 5.69 Å². The highest BCUT2D eigenvalue weighted by molar-refractivity contribution is 7.13. The molecule has 0 aliphatic rings. The molecule has 0 fully saturated rings. The third kappa shape index (κ3) is 2.58. The molecule has 2 rings (SSSR count). The fraction of sp³-hybridized carbons (Fsp3) is 0. The first kappa shape index (κ1) is 10.6. The molecule has 2 aromatic rings. The normalized spacial score (nSPS) is 9.75. The summed E-state index contributed by atoms with van der Waals surface area (Å²) in [7, 11) is 0. The molecular formula is C7H5N5O2S2. The highest BCUT2D eigenvalue weighted by Crippen LogP contribution is 2.09. The topological polar surface area (TPSA) is 96.9 Å². The monoisotopic (exact) mass is 255 g/mol. The number of rotatable bonds is 2. The van der Waals surface area contributed by atoms with Crippen molar-refractivity contribution in [1.82, 2.24) is 19.9 Å². The standard InChI is InChI=1S/C7H5N5O2S2/c13-5(4-3-16-12-11-4)9-6(14)10-7-8-1-2-15-7/h1-3H,(H2,8,9,10,13,14). The van der Waals surface area contributed by atoms with Crippen molar-refractivity contribution in [2.75, 3.05) is 5.32 Å². The summed E-state index contributed by atoms with van der Waals surface area (Å²) in [5.74, 6) is -0.595. The van der Waals surface area contributed by atoms with Gasteiger partial charge in [-0.15, -0.1) is 16.4 Å². The molecule has 2 aromatic heterocycles. The number of carbonyl (C=O) groups is 2. The number of aromatic nitrogens is 3. The summed E-state index contributed by atoms with van der Waals surface area (Å²) < 4.78 is 3.52. The SMILES string of the molecule is O=C(NC(=O)c1csnn1)Nc1nccs1. The molecule has 0 bridgehead atoms. The molecule has 2 N–H and O–H groups in total. The maximum absolute atomic E-state index is 11.4. The molecule has 0 radical (unpaired) electrons. The van der Waals surface area contributed by atoms with Crippen molar-refractivity contribution < 1.29 is 9.59 Å². The van der Waals surface area contributed by atoms with Crippen LogP contribution in [-0.2, 0) is 0 Å². The Morgan fingerprint density at radius 2 is 2.25 bits per heavy atom. The average Bonchev–Trinajstić information content (AvgIpc) is 2.88. The van der Waals surface area contributed by atoms with E-state index < -0.39 is 11.9 Å². The Hall–Kier alpha value is -1.87. The number of thiazole rings is 1. The molecule has 3 amide bonds. The summed E-state index contributed by atoms with van der Waals surface area (Å²) in [5, 5.41) is 11.6. The van der Waals surface area contributed by atoms with Gasteiger partial charge in [0.25, 0.3) is 5.91 Å². The van der Waals surface area contributed by atoms with E-state index in [0.717, 1.165) is 11.5 Å². The van der Waals surface area contributed by atoms with Crippen LogP contribution < -0.4 is 10.6 Å². The maximum atomic E-state index is 11.4. The number of carbonyl (C=O) groups excluding carboxylic acids is 2. The number of anilines is 1. The number of amides is 3. The fourth-order valence-corrected chi connectivity index (χ4v) is 1.80. The molecule has 0 aliphatic carbocycles. The lowest BCUT2D eigenvalue weighted by Crippen LogP contribution is -2.34. The minimum Gasteiger partial charge on any atom is -0.283 e. The summed E-state index contributed by atoms with van der Waals surface area (Å²) in [5.41, 5.74) is 0.110. The van der Waals surface area contributed by atoms with Gasteiger partial charge in [-0.1, -0.05) is 4.49 Å². The first-order valence-electron chi connectivity index (χ1n) is 4.04. The first-order valence-corrected chi connectivity index (χ1v) is 5.76. The zero-order valence-corrected chi connectivity index (χ0v) is 9.34. The van der Waals surface area contributed by atoms with Crippen molar-refractivity contribution in [3.63, 3.8) is 0 Å². The Bertz CT molecular complexity index is 481. The van der Waals surface area contributed by atoms with Crippen LogP contribution in [0.15, 0.2) is 17.0 Å². The predicted molar refractivity (Wildman–Crippen MR) is 58.5 cm³/mol. The van der Waals surface area contributed by atoms with E-state index in [4.69, 9.17) is 0 Å². The minimum absolute atomic E-state index is 0.110. The van der Waals surface area contributed by atoms with Crippen molar-refractivity contribution in [3.05, 3.63) is 22.7 Å². The Labute approximate surface area is 97.7 Å². The van der Waals surface area contributed by atoms with Gasteiger partial charge >= 0.3 is 6.03 Å². The van der Waals surface area contributed by atoms with Crippen LogP contribution in [0.1, 0.15) is 10.5 Å². The van der Waals surface area contributed by atoms with E-state index in [1.165, 1.54) is 16.7 Å². The Morgan fingerprint density at radius 1 is 1.38 bits per heavy atom. The summed E-state index contributed by atoms with van der Waals surface area (Å²) in [4.78, 5) is 26.5. The smallest absolute Gasteiger partial charge is 0.283 e. The largest absolute Gasteiger partial charge is 0.328 e. The van der Waals surface area contributed by atoms with Crippen molar-refractivity contribution in [2.24, 2.45) is 0 Å². The van der Waals surface area contributed by atoms with Gasteiger partial charge in [-0.05, 0) is 11.5 Å². The van der Waals surface area contributed by atoms with Crippen LogP contribution in [-0.4, -0.2) is 26.5 Å². The van der Waals surface area contributed by atoms with Crippen LogP contribution in [0.25, 0.3) is 0 Å². The lowest BCUT2D eigenvalue weighted by atomic mass is 10.5. The van der Waals surface area contributed by atoms with Gasteiger partial charge in [0.05, 0.1) is 0 Å². The Balaban J connectivity index is 1.91. The molecule has 0 aliphatic heterocycles. The van der Waals surface area contributed by atoms with E-state index in [9.17, 15) is 9.59 Å². The van der Waals surface area contributed by atoms with Gasteiger partial charge in [-0.3, -0.25) is 15.4 Å². The van der Waals surface area contributed by atoms with Crippen LogP contribution in [0.5, 0.6) is 0 Å². The summed E-state index contributed by atoms with van der Waals surface area (Å²) in [6.07, 6.45) is 1.55. The van der Waals surface area contributed by atoms with Crippen LogP contribution in [0.4, 0.5) is 9.93 Å². The Kier molecular flexibility index (Phi) is 3.17. The van der Waals surface area contributed by atoms with Crippen molar-refractivity contribution in [2.45, 2.75) is 0 Å². The lowest BCUT2D eigenvalue weighted by molar-refractivity contribution is 0.0962. The zero-order valence-electron chi connectivity index (χ0n) is 7.71. The van der Waals surface area contributed by atoms with Crippen molar-refractivity contribution in [3.8, 4) is 0 Å². The molecule has 0 saturated carbocycles. The number of hydrogen-bond acceptors (Lipinski definition) is 7. The van der Waals surface area contributed by atoms with E-state index in [1.807, 2.05) is 0 Å². The molecular weight excluding hydrogens is 250 g/mol. The van der Waals surface area contributed by atoms with Crippen LogP contribution in [0.2, 0.25) is 0 Å². The highest BCUT2D eigenvalue weighted by Gasteiger charge is 2.13.